The lowest BCUT2D eigenvalue weighted by molar-refractivity contribution is -0.116. The minimum Gasteiger partial charge on any atom is -0.325 e. The van der Waals surface area contributed by atoms with Crippen LogP contribution in [-0.2, 0) is 11.3 Å². The highest BCUT2D eigenvalue weighted by Crippen LogP contribution is 2.27. The van der Waals surface area contributed by atoms with Crippen LogP contribution in [0.25, 0.3) is 11.3 Å². The molecule has 1 atom stereocenters. The zero-order chi connectivity index (χ0) is 19.2. The van der Waals surface area contributed by atoms with Gasteiger partial charge in [-0.15, -0.1) is 0 Å². The van der Waals surface area contributed by atoms with Crippen molar-refractivity contribution in [3.63, 3.8) is 0 Å². The third kappa shape index (κ3) is 4.43. The first-order valence-electron chi connectivity index (χ1n) is 9.68. The summed E-state index contributed by atoms with van der Waals surface area (Å²) in [6, 6.07) is 12.4. The van der Waals surface area contributed by atoms with Crippen LogP contribution in [0, 0.1) is 0 Å². The highest BCUT2D eigenvalue weighted by molar-refractivity contribution is 5.90. The van der Waals surface area contributed by atoms with Crippen LogP contribution in [0.5, 0.6) is 0 Å². The molecule has 0 bridgehead atoms. The Morgan fingerprint density at radius 3 is 2.89 bits per heavy atom. The fourth-order valence-corrected chi connectivity index (χ4v) is 3.82. The molecule has 1 fully saturated rings. The number of nitrogens with zero attached hydrogens (tertiary/aromatic N) is 4. The fourth-order valence-electron chi connectivity index (χ4n) is 3.82. The van der Waals surface area contributed by atoms with E-state index in [1.54, 1.807) is 18.5 Å². The summed E-state index contributed by atoms with van der Waals surface area (Å²) < 4.78 is 0. The van der Waals surface area contributed by atoms with E-state index in [1.165, 1.54) is 12.0 Å². The summed E-state index contributed by atoms with van der Waals surface area (Å²) in [6.07, 6.45) is 8.69. The molecule has 28 heavy (non-hydrogen) atoms. The monoisotopic (exact) mass is 376 g/mol. The van der Waals surface area contributed by atoms with Gasteiger partial charge in [0.05, 0.1) is 30.0 Å². The van der Waals surface area contributed by atoms with E-state index in [1.807, 2.05) is 24.4 Å². The number of carbonyl (C=O) groups is 1. The smallest absolute Gasteiger partial charge is 0.224 e. The molecule has 0 saturated carbocycles. The van der Waals surface area contributed by atoms with Crippen molar-refractivity contribution >= 4 is 11.6 Å². The number of benzene rings is 1. The van der Waals surface area contributed by atoms with Crippen LogP contribution in [0.4, 0.5) is 5.69 Å². The van der Waals surface area contributed by atoms with Gasteiger partial charge in [-0.3, -0.25) is 14.8 Å². The molecule has 144 valence electrons. The number of hydrogen-bond donors (Lipinski definition) is 2. The molecule has 1 saturated heterocycles. The van der Waals surface area contributed by atoms with Crippen molar-refractivity contribution in [2.45, 2.75) is 38.3 Å². The van der Waals surface area contributed by atoms with Crippen LogP contribution in [0.15, 0.2) is 55.0 Å². The zero-order valence-electron chi connectivity index (χ0n) is 15.7. The summed E-state index contributed by atoms with van der Waals surface area (Å²) >= 11 is 0. The van der Waals surface area contributed by atoms with Gasteiger partial charge in [0.25, 0.3) is 0 Å². The van der Waals surface area contributed by atoms with Gasteiger partial charge in [-0.05, 0) is 37.4 Å². The molecule has 1 amide bonds. The van der Waals surface area contributed by atoms with Crippen molar-refractivity contribution in [1.29, 1.82) is 0 Å². The molecule has 0 spiro atoms. The van der Waals surface area contributed by atoms with Gasteiger partial charge in [0.15, 0.2) is 0 Å². The number of amides is 1. The van der Waals surface area contributed by atoms with E-state index in [0.29, 0.717) is 18.2 Å². The zero-order valence-corrected chi connectivity index (χ0v) is 15.7. The van der Waals surface area contributed by atoms with Crippen molar-refractivity contribution < 1.29 is 4.79 Å². The Kier molecular flexibility index (Phi) is 5.72. The Balaban J connectivity index is 1.34. The SMILES string of the molecule is O=C(CCC1CCCN1Cc1cn[nH]c1-c1ccccc1)Nc1ccnnc1. The van der Waals surface area contributed by atoms with E-state index in [4.69, 9.17) is 0 Å². The van der Waals surface area contributed by atoms with E-state index in [9.17, 15) is 4.79 Å². The highest BCUT2D eigenvalue weighted by atomic mass is 16.1. The number of aromatic amines is 1. The summed E-state index contributed by atoms with van der Waals surface area (Å²) in [4.78, 5) is 14.7. The maximum Gasteiger partial charge on any atom is 0.224 e. The number of hydrogen-bond acceptors (Lipinski definition) is 5. The summed E-state index contributed by atoms with van der Waals surface area (Å²) in [5.41, 5.74) is 4.12. The molecular weight excluding hydrogens is 352 g/mol. The van der Waals surface area contributed by atoms with Crippen molar-refractivity contribution in [3.05, 3.63) is 60.6 Å². The lowest BCUT2D eigenvalue weighted by Crippen LogP contribution is -2.30. The van der Waals surface area contributed by atoms with Crippen LogP contribution in [-0.4, -0.2) is 43.8 Å². The molecular formula is C21H24N6O. The molecule has 1 aromatic carbocycles. The van der Waals surface area contributed by atoms with Crippen LogP contribution in [0.2, 0.25) is 0 Å². The molecule has 4 rings (SSSR count). The van der Waals surface area contributed by atoms with E-state index >= 15 is 0 Å². The van der Waals surface area contributed by atoms with Crippen molar-refractivity contribution in [3.8, 4) is 11.3 Å². The van der Waals surface area contributed by atoms with Gasteiger partial charge in [0, 0.05) is 24.6 Å². The van der Waals surface area contributed by atoms with Crippen LogP contribution in [0.1, 0.15) is 31.2 Å². The predicted molar refractivity (Wildman–Crippen MR) is 107 cm³/mol. The molecule has 7 heteroatoms. The second-order valence-electron chi connectivity index (χ2n) is 7.12. The van der Waals surface area contributed by atoms with Crippen molar-refractivity contribution in [1.82, 2.24) is 25.3 Å². The molecule has 3 aromatic rings. The number of likely N-dealkylation sites (tertiary alicyclic amines) is 1. The molecule has 1 aliphatic rings. The van der Waals surface area contributed by atoms with Gasteiger partial charge in [0.2, 0.25) is 5.91 Å². The summed E-state index contributed by atoms with van der Waals surface area (Å²) in [6.45, 7) is 1.90. The predicted octanol–water partition coefficient (Wildman–Crippen LogP) is 3.25. The fraction of sp³-hybridized carbons (Fsp3) is 0.333. The van der Waals surface area contributed by atoms with E-state index in [2.05, 4.69) is 42.7 Å². The molecule has 1 aliphatic heterocycles. The summed E-state index contributed by atoms with van der Waals surface area (Å²) in [5, 5.41) is 17.8. The number of nitrogens with one attached hydrogen (secondary N) is 2. The molecule has 0 radical (unpaired) electrons. The molecule has 1 unspecified atom stereocenters. The highest BCUT2D eigenvalue weighted by Gasteiger charge is 2.26. The number of H-pyrrole nitrogens is 1. The van der Waals surface area contributed by atoms with Gasteiger partial charge in [0.1, 0.15) is 0 Å². The standard InChI is InChI=1S/C21H24N6O/c28-20(25-18-10-11-22-23-14-18)9-8-19-7-4-12-27(19)15-17-13-24-26-21(17)16-5-2-1-3-6-16/h1-3,5-6,10-11,13-14,19H,4,7-9,12,15H2,(H,24,26)(H,22,25,28). The van der Waals surface area contributed by atoms with Gasteiger partial charge in [-0.2, -0.15) is 15.3 Å². The van der Waals surface area contributed by atoms with Gasteiger partial charge < -0.3 is 5.32 Å². The molecule has 2 aromatic heterocycles. The maximum atomic E-state index is 12.2. The average Bonchev–Trinajstić information content (AvgIpc) is 3.38. The van der Waals surface area contributed by atoms with Crippen LogP contribution in [0.3, 0.4) is 0 Å². The lowest BCUT2D eigenvalue weighted by Gasteiger charge is -2.24. The van der Waals surface area contributed by atoms with Crippen LogP contribution < -0.4 is 5.32 Å². The first-order valence-corrected chi connectivity index (χ1v) is 9.68. The van der Waals surface area contributed by atoms with Gasteiger partial charge in [-0.25, -0.2) is 0 Å². The van der Waals surface area contributed by atoms with E-state index < -0.39 is 0 Å². The van der Waals surface area contributed by atoms with Gasteiger partial charge in [-0.1, -0.05) is 30.3 Å². The second-order valence-corrected chi connectivity index (χ2v) is 7.12. The molecule has 2 N–H and O–H groups in total. The number of rotatable bonds is 7. The number of aromatic nitrogens is 4. The first-order chi connectivity index (χ1) is 13.8. The summed E-state index contributed by atoms with van der Waals surface area (Å²) in [5.74, 6) is 0.0214. The van der Waals surface area contributed by atoms with E-state index in [0.717, 1.165) is 37.2 Å². The lowest BCUT2D eigenvalue weighted by atomic mass is 10.1. The third-order valence-electron chi connectivity index (χ3n) is 5.23. The largest absolute Gasteiger partial charge is 0.325 e. The van der Waals surface area contributed by atoms with Gasteiger partial charge >= 0.3 is 0 Å². The first kappa shape index (κ1) is 18.3. The normalized spacial score (nSPS) is 16.9. The molecule has 0 aliphatic carbocycles. The summed E-state index contributed by atoms with van der Waals surface area (Å²) in [7, 11) is 0. The van der Waals surface area contributed by atoms with Crippen molar-refractivity contribution in [2.75, 3.05) is 11.9 Å². The molecule has 7 nitrogen and oxygen atoms in total. The Bertz CT molecular complexity index is 896. The minimum absolute atomic E-state index is 0.0214. The Hall–Kier alpha value is -3.06. The number of carbonyl (C=O) groups excluding carboxylic acids is 1. The average molecular weight is 376 g/mol. The Morgan fingerprint density at radius 1 is 1.18 bits per heavy atom. The second kappa shape index (κ2) is 8.75. The van der Waals surface area contributed by atoms with E-state index in [-0.39, 0.29) is 5.91 Å². The van der Waals surface area contributed by atoms with Crippen LogP contribution >= 0.6 is 0 Å². The number of anilines is 1. The van der Waals surface area contributed by atoms with Crippen molar-refractivity contribution in [2.24, 2.45) is 0 Å². The topological polar surface area (TPSA) is 86.8 Å². The molecule has 3 heterocycles. The minimum atomic E-state index is 0.0214. The Labute approximate surface area is 164 Å². The Morgan fingerprint density at radius 2 is 2.07 bits per heavy atom. The third-order valence-corrected chi connectivity index (χ3v) is 5.23. The quantitative estimate of drug-likeness (QED) is 0.661. The maximum absolute atomic E-state index is 12.2.